The van der Waals surface area contributed by atoms with Crippen molar-refractivity contribution in [2.45, 2.75) is 32.6 Å². The second-order valence-corrected chi connectivity index (χ2v) is 5.42. The van der Waals surface area contributed by atoms with E-state index in [0.29, 0.717) is 5.82 Å². The highest BCUT2D eigenvalue weighted by Crippen LogP contribution is 2.11. The van der Waals surface area contributed by atoms with Gasteiger partial charge in [-0.2, -0.15) is 0 Å². The number of rotatable bonds is 8. The topological polar surface area (TPSA) is 54.0 Å². The number of nitrogens with one attached hydrogen (secondary N) is 2. The molecule has 0 aliphatic carbocycles. The van der Waals surface area contributed by atoms with Crippen LogP contribution in [0.4, 0.5) is 15.9 Å². The van der Waals surface area contributed by atoms with Gasteiger partial charge in [0.2, 0.25) is 5.91 Å². The summed E-state index contributed by atoms with van der Waals surface area (Å²) in [5.74, 6) is 0.0295. The Bertz CT molecular complexity index is 611. The molecule has 5 heteroatoms. The minimum atomic E-state index is -0.308. The third-order valence-electron chi connectivity index (χ3n) is 3.42. The number of anilines is 2. The van der Waals surface area contributed by atoms with Crippen molar-refractivity contribution in [2.24, 2.45) is 0 Å². The Morgan fingerprint density at radius 3 is 2.57 bits per heavy atom. The molecule has 1 amide bonds. The van der Waals surface area contributed by atoms with Crippen LogP contribution in [0, 0.1) is 5.82 Å². The van der Waals surface area contributed by atoms with Crippen LogP contribution in [0.1, 0.15) is 31.7 Å². The molecule has 1 heterocycles. The number of pyridine rings is 1. The zero-order valence-corrected chi connectivity index (χ0v) is 13.3. The van der Waals surface area contributed by atoms with Crippen LogP contribution in [0.15, 0.2) is 42.6 Å². The Labute approximate surface area is 136 Å². The van der Waals surface area contributed by atoms with Crippen LogP contribution in [0.25, 0.3) is 0 Å². The Balaban J connectivity index is 1.80. The average Bonchev–Trinajstić information content (AvgIpc) is 2.55. The van der Waals surface area contributed by atoms with E-state index in [-0.39, 0.29) is 18.1 Å². The molecular weight excluding hydrogens is 293 g/mol. The Morgan fingerprint density at radius 1 is 1.13 bits per heavy atom. The van der Waals surface area contributed by atoms with Gasteiger partial charge in [0.25, 0.3) is 0 Å². The van der Waals surface area contributed by atoms with Crippen LogP contribution in [0.5, 0.6) is 0 Å². The van der Waals surface area contributed by atoms with Crippen LogP contribution in [-0.4, -0.2) is 17.4 Å². The lowest BCUT2D eigenvalue weighted by Gasteiger charge is -2.08. The second-order valence-electron chi connectivity index (χ2n) is 5.42. The van der Waals surface area contributed by atoms with Crippen LogP contribution in [0.3, 0.4) is 0 Å². The molecule has 23 heavy (non-hydrogen) atoms. The highest BCUT2D eigenvalue weighted by molar-refractivity contribution is 5.91. The van der Waals surface area contributed by atoms with E-state index in [1.54, 1.807) is 24.4 Å². The van der Waals surface area contributed by atoms with E-state index < -0.39 is 0 Å². The molecule has 2 rings (SSSR count). The fourth-order valence-corrected chi connectivity index (χ4v) is 2.15. The number of hydrogen-bond acceptors (Lipinski definition) is 3. The molecule has 1 aromatic carbocycles. The summed E-state index contributed by atoms with van der Waals surface area (Å²) in [4.78, 5) is 16.2. The van der Waals surface area contributed by atoms with Crippen LogP contribution < -0.4 is 10.6 Å². The van der Waals surface area contributed by atoms with Gasteiger partial charge in [0.05, 0.1) is 18.3 Å². The van der Waals surface area contributed by atoms with Crippen LogP contribution >= 0.6 is 0 Å². The van der Waals surface area contributed by atoms with E-state index in [2.05, 4.69) is 22.5 Å². The molecule has 0 radical (unpaired) electrons. The normalized spacial score (nSPS) is 10.3. The van der Waals surface area contributed by atoms with Gasteiger partial charge in [0.1, 0.15) is 11.6 Å². The summed E-state index contributed by atoms with van der Waals surface area (Å²) in [7, 11) is 0. The minimum Gasteiger partial charge on any atom is -0.384 e. The largest absolute Gasteiger partial charge is 0.384 e. The molecule has 1 aromatic heterocycles. The van der Waals surface area contributed by atoms with Crippen LogP contribution in [0.2, 0.25) is 0 Å². The van der Waals surface area contributed by atoms with Crippen molar-refractivity contribution in [3.63, 3.8) is 0 Å². The quantitative estimate of drug-likeness (QED) is 0.724. The van der Waals surface area contributed by atoms with Crippen molar-refractivity contribution < 1.29 is 9.18 Å². The summed E-state index contributed by atoms with van der Waals surface area (Å²) in [6.45, 7) is 3.09. The number of aromatic nitrogens is 1. The first kappa shape index (κ1) is 16.9. The lowest BCUT2D eigenvalue weighted by atomic mass is 10.1. The highest BCUT2D eigenvalue weighted by Gasteiger charge is 2.05. The SMILES string of the molecule is CCCCCNc1ccc(NC(=O)Cc2ccc(F)cc2)nc1. The molecular formula is C18H22FN3O. The van der Waals surface area contributed by atoms with E-state index in [0.717, 1.165) is 24.2 Å². The first-order valence-corrected chi connectivity index (χ1v) is 7.91. The van der Waals surface area contributed by atoms with Gasteiger partial charge < -0.3 is 10.6 Å². The van der Waals surface area contributed by atoms with E-state index in [9.17, 15) is 9.18 Å². The maximum absolute atomic E-state index is 12.8. The Morgan fingerprint density at radius 2 is 1.91 bits per heavy atom. The summed E-state index contributed by atoms with van der Waals surface area (Å²) in [6.07, 6.45) is 5.43. The number of halogens is 1. The van der Waals surface area contributed by atoms with Crippen molar-refractivity contribution in [1.82, 2.24) is 4.98 Å². The van der Waals surface area contributed by atoms with Crippen molar-refractivity contribution in [3.05, 3.63) is 54.0 Å². The molecule has 0 saturated heterocycles. The zero-order chi connectivity index (χ0) is 16.5. The summed E-state index contributed by atoms with van der Waals surface area (Å²) in [5, 5.41) is 6.03. The molecule has 2 N–H and O–H groups in total. The Kier molecular flexibility index (Phi) is 6.54. The lowest BCUT2D eigenvalue weighted by molar-refractivity contribution is -0.115. The van der Waals surface area contributed by atoms with Gasteiger partial charge in [0, 0.05) is 6.54 Å². The van der Waals surface area contributed by atoms with Crippen LogP contribution in [-0.2, 0) is 11.2 Å². The number of unbranched alkanes of at least 4 members (excludes halogenated alkanes) is 2. The van der Waals surface area contributed by atoms with E-state index >= 15 is 0 Å². The predicted octanol–water partition coefficient (Wildman–Crippen LogP) is 4.00. The third-order valence-corrected chi connectivity index (χ3v) is 3.42. The number of hydrogen-bond donors (Lipinski definition) is 2. The van der Waals surface area contributed by atoms with E-state index in [1.807, 2.05) is 6.07 Å². The molecule has 0 spiro atoms. The fraction of sp³-hybridized carbons (Fsp3) is 0.333. The number of carbonyl (C=O) groups is 1. The summed E-state index contributed by atoms with van der Waals surface area (Å²) < 4.78 is 12.8. The van der Waals surface area contributed by atoms with Crippen molar-refractivity contribution in [3.8, 4) is 0 Å². The minimum absolute atomic E-state index is 0.173. The number of amides is 1. The van der Waals surface area contributed by atoms with Gasteiger partial charge in [-0.05, 0) is 36.2 Å². The molecule has 0 saturated carbocycles. The van der Waals surface area contributed by atoms with Gasteiger partial charge in [-0.3, -0.25) is 4.79 Å². The summed E-state index contributed by atoms with van der Waals surface area (Å²) in [6, 6.07) is 9.56. The zero-order valence-electron chi connectivity index (χ0n) is 13.3. The van der Waals surface area contributed by atoms with Gasteiger partial charge in [-0.1, -0.05) is 31.9 Å². The maximum atomic E-state index is 12.8. The average molecular weight is 315 g/mol. The van der Waals surface area contributed by atoms with Crippen molar-refractivity contribution >= 4 is 17.4 Å². The molecule has 0 fully saturated rings. The summed E-state index contributed by atoms with van der Waals surface area (Å²) >= 11 is 0. The lowest BCUT2D eigenvalue weighted by Crippen LogP contribution is -2.15. The molecule has 0 aliphatic rings. The Hall–Kier alpha value is -2.43. The van der Waals surface area contributed by atoms with Crippen molar-refractivity contribution in [1.29, 1.82) is 0 Å². The van der Waals surface area contributed by atoms with Crippen molar-refractivity contribution in [2.75, 3.05) is 17.2 Å². The van der Waals surface area contributed by atoms with Gasteiger partial charge >= 0.3 is 0 Å². The molecule has 0 aliphatic heterocycles. The second kappa shape index (κ2) is 8.88. The molecule has 0 unspecified atom stereocenters. The smallest absolute Gasteiger partial charge is 0.229 e. The first-order chi connectivity index (χ1) is 11.2. The highest BCUT2D eigenvalue weighted by atomic mass is 19.1. The molecule has 2 aromatic rings. The predicted molar refractivity (Wildman–Crippen MR) is 91.0 cm³/mol. The first-order valence-electron chi connectivity index (χ1n) is 7.91. The standard InChI is InChI=1S/C18H22FN3O/c1-2-3-4-11-20-16-9-10-17(21-13-16)22-18(23)12-14-5-7-15(19)8-6-14/h5-10,13,20H,2-4,11-12H2,1H3,(H,21,22,23). The van der Waals surface area contributed by atoms with E-state index in [1.165, 1.54) is 25.0 Å². The third kappa shape index (κ3) is 6.06. The molecule has 0 atom stereocenters. The monoisotopic (exact) mass is 315 g/mol. The maximum Gasteiger partial charge on any atom is 0.229 e. The van der Waals surface area contributed by atoms with Gasteiger partial charge in [0.15, 0.2) is 0 Å². The van der Waals surface area contributed by atoms with Gasteiger partial charge in [-0.25, -0.2) is 9.37 Å². The fourth-order valence-electron chi connectivity index (χ4n) is 2.15. The number of benzene rings is 1. The summed E-state index contributed by atoms with van der Waals surface area (Å²) in [5.41, 5.74) is 1.70. The molecule has 0 bridgehead atoms. The molecule has 4 nitrogen and oxygen atoms in total. The number of carbonyl (C=O) groups excluding carboxylic acids is 1. The molecule has 122 valence electrons. The van der Waals surface area contributed by atoms with E-state index in [4.69, 9.17) is 0 Å². The number of nitrogens with zero attached hydrogens (tertiary/aromatic N) is 1. The van der Waals surface area contributed by atoms with Gasteiger partial charge in [-0.15, -0.1) is 0 Å².